The van der Waals surface area contributed by atoms with Gasteiger partial charge in [-0.1, -0.05) is 13.8 Å². The summed E-state index contributed by atoms with van der Waals surface area (Å²) in [6.45, 7) is 4.11. The van der Waals surface area contributed by atoms with Crippen molar-refractivity contribution in [1.82, 2.24) is 8.61 Å². The predicted molar refractivity (Wildman–Crippen MR) is 75.9 cm³/mol. The summed E-state index contributed by atoms with van der Waals surface area (Å²) in [5.74, 6) is -1.52. The van der Waals surface area contributed by atoms with Crippen LogP contribution in [-0.2, 0) is 10.2 Å². The van der Waals surface area contributed by atoms with E-state index in [4.69, 9.17) is 5.26 Å². The van der Waals surface area contributed by atoms with Gasteiger partial charge >= 0.3 is 6.18 Å². The number of halogens is 3. The average Bonchev–Trinajstić information content (AvgIpc) is 2.35. The summed E-state index contributed by atoms with van der Waals surface area (Å²) in [4.78, 5) is 0. The van der Waals surface area contributed by atoms with Crippen LogP contribution in [0.15, 0.2) is 0 Å². The van der Waals surface area contributed by atoms with Crippen molar-refractivity contribution in [3.8, 4) is 6.07 Å². The number of piperidine rings is 1. The van der Waals surface area contributed by atoms with Crippen LogP contribution < -0.4 is 0 Å². The van der Waals surface area contributed by atoms with Gasteiger partial charge in [0.1, 0.15) is 0 Å². The van der Waals surface area contributed by atoms with Crippen molar-refractivity contribution >= 4 is 10.2 Å². The third-order valence-corrected chi connectivity index (χ3v) is 6.34. The van der Waals surface area contributed by atoms with Gasteiger partial charge in [-0.05, 0) is 18.8 Å². The molecule has 2 unspecified atom stereocenters. The van der Waals surface area contributed by atoms with Gasteiger partial charge in [0.25, 0.3) is 10.2 Å². The second-order valence-corrected chi connectivity index (χ2v) is 8.43. The van der Waals surface area contributed by atoms with Crippen LogP contribution in [0.5, 0.6) is 0 Å². The number of hydrogen-bond donors (Lipinski definition) is 0. The van der Waals surface area contributed by atoms with Gasteiger partial charge in [0.05, 0.1) is 18.4 Å². The van der Waals surface area contributed by atoms with E-state index in [2.05, 4.69) is 0 Å². The lowest BCUT2D eigenvalue weighted by atomic mass is 9.74. The van der Waals surface area contributed by atoms with Crippen molar-refractivity contribution in [3.63, 3.8) is 0 Å². The molecular formula is C13H22F3N3O2S. The summed E-state index contributed by atoms with van der Waals surface area (Å²) < 4.78 is 66.3. The number of rotatable bonds is 4. The van der Waals surface area contributed by atoms with Crippen LogP contribution >= 0.6 is 0 Å². The van der Waals surface area contributed by atoms with E-state index in [1.165, 1.54) is 20.9 Å². The normalized spacial score (nSPS) is 25.0. The Morgan fingerprint density at radius 3 is 2.41 bits per heavy atom. The minimum atomic E-state index is -4.33. The molecule has 1 saturated heterocycles. The van der Waals surface area contributed by atoms with Crippen molar-refractivity contribution in [1.29, 1.82) is 5.26 Å². The Hall–Kier alpha value is -0.850. The Kier molecular flexibility index (Phi) is 5.53. The number of nitriles is 1. The molecule has 5 nitrogen and oxygen atoms in total. The molecule has 1 rings (SSSR count). The summed E-state index contributed by atoms with van der Waals surface area (Å²) in [6, 6.07) is 1.36. The molecule has 2 atom stereocenters. The second-order valence-electron chi connectivity index (χ2n) is 6.44. The molecule has 0 aromatic heterocycles. The predicted octanol–water partition coefficient (Wildman–Crippen LogP) is 2.38. The van der Waals surface area contributed by atoms with Gasteiger partial charge < -0.3 is 0 Å². The van der Waals surface area contributed by atoms with Crippen LogP contribution in [-0.4, -0.2) is 49.4 Å². The van der Waals surface area contributed by atoms with Crippen molar-refractivity contribution < 1.29 is 21.6 Å². The van der Waals surface area contributed by atoms with Crippen LogP contribution in [0.1, 0.15) is 33.6 Å². The highest BCUT2D eigenvalue weighted by Crippen LogP contribution is 2.45. The van der Waals surface area contributed by atoms with E-state index in [1.807, 2.05) is 6.07 Å². The summed E-state index contributed by atoms with van der Waals surface area (Å²) in [5, 5.41) is 8.66. The topological polar surface area (TPSA) is 64.4 Å². The molecule has 1 heterocycles. The lowest BCUT2D eigenvalue weighted by molar-refractivity contribution is -0.213. The molecule has 0 spiro atoms. The molecule has 0 aliphatic carbocycles. The van der Waals surface area contributed by atoms with E-state index >= 15 is 0 Å². The zero-order valence-electron chi connectivity index (χ0n) is 13.2. The van der Waals surface area contributed by atoms with Crippen LogP contribution in [0.3, 0.4) is 0 Å². The molecule has 0 radical (unpaired) electrons. The molecule has 0 aromatic rings. The highest BCUT2D eigenvalue weighted by molar-refractivity contribution is 7.86. The highest BCUT2D eigenvalue weighted by atomic mass is 32.2. The Bertz CT molecular complexity index is 540. The quantitative estimate of drug-likeness (QED) is 0.788. The average molecular weight is 341 g/mol. The van der Waals surface area contributed by atoms with Gasteiger partial charge in [-0.25, -0.2) is 0 Å². The summed E-state index contributed by atoms with van der Waals surface area (Å²) in [6.07, 6.45) is -4.56. The van der Waals surface area contributed by atoms with Crippen molar-refractivity contribution in [3.05, 3.63) is 0 Å². The minimum absolute atomic E-state index is 0.0259. The number of hydrogen-bond acceptors (Lipinski definition) is 3. The Morgan fingerprint density at radius 2 is 2.00 bits per heavy atom. The number of alkyl halides is 3. The fraction of sp³-hybridized carbons (Fsp3) is 0.923. The lowest BCUT2D eigenvalue weighted by Crippen LogP contribution is -2.55. The van der Waals surface area contributed by atoms with Gasteiger partial charge in [-0.2, -0.15) is 35.5 Å². The molecule has 22 heavy (non-hydrogen) atoms. The Labute approximate surface area is 129 Å². The van der Waals surface area contributed by atoms with Gasteiger partial charge in [-0.15, -0.1) is 0 Å². The molecule has 0 N–H and O–H groups in total. The molecule has 128 valence electrons. The third-order valence-electron chi connectivity index (χ3n) is 4.29. The largest absolute Gasteiger partial charge is 0.392 e. The highest BCUT2D eigenvalue weighted by Gasteiger charge is 2.53. The summed E-state index contributed by atoms with van der Waals surface area (Å²) >= 11 is 0. The van der Waals surface area contributed by atoms with E-state index in [0.29, 0.717) is 0 Å². The lowest BCUT2D eigenvalue weighted by Gasteiger charge is -2.45. The van der Waals surface area contributed by atoms with E-state index in [-0.39, 0.29) is 25.9 Å². The maximum atomic E-state index is 13.0. The molecule has 0 amide bonds. The molecule has 1 aliphatic rings. The zero-order chi connectivity index (χ0) is 17.3. The Balaban J connectivity index is 2.95. The monoisotopic (exact) mass is 341 g/mol. The van der Waals surface area contributed by atoms with Gasteiger partial charge in [0.15, 0.2) is 0 Å². The van der Waals surface area contributed by atoms with E-state index in [0.717, 1.165) is 8.61 Å². The fourth-order valence-electron chi connectivity index (χ4n) is 2.78. The first-order chi connectivity index (χ1) is 9.84. The molecule has 0 bridgehead atoms. The molecule has 1 fully saturated rings. The summed E-state index contributed by atoms with van der Waals surface area (Å²) in [7, 11) is -2.53. The number of nitrogens with zero attached hydrogens (tertiary/aromatic N) is 3. The molecular weight excluding hydrogens is 319 g/mol. The van der Waals surface area contributed by atoms with Gasteiger partial charge in [-0.3, -0.25) is 0 Å². The molecule has 1 aliphatic heterocycles. The van der Waals surface area contributed by atoms with Crippen LogP contribution in [0.2, 0.25) is 0 Å². The second kappa shape index (κ2) is 6.34. The Morgan fingerprint density at radius 1 is 1.45 bits per heavy atom. The van der Waals surface area contributed by atoms with Gasteiger partial charge in [0.2, 0.25) is 0 Å². The summed E-state index contributed by atoms with van der Waals surface area (Å²) in [5.41, 5.74) is -1.19. The van der Waals surface area contributed by atoms with E-state index in [1.54, 1.807) is 6.92 Å². The first-order valence-electron chi connectivity index (χ1n) is 7.01. The SMILES string of the molecule is CC(CC#N)N(C)S(=O)(=O)N1CCC(C(F)(F)F)C(C)(C)C1. The minimum Gasteiger partial charge on any atom is -0.198 e. The van der Waals surface area contributed by atoms with Crippen LogP contribution in [0, 0.1) is 22.7 Å². The van der Waals surface area contributed by atoms with Gasteiger partial charge in [0, 0.05) is 26.2 Å². The first-order valence-corrected chi connectivity index (χ1v) is 8.40. The fourth-order valence-corrected chi connectivity index (χ4v) is 4.51. The standard InChI is InChI=1S/C13H22F3N3O2S/c1-10(5-7-17)18(4)22(20,21)19-8-6-11(13(14,15)16)12(2,3)9-19/h10-11H,5-6,8-9H2,1-4H3. The van der Waals surface area contributed by atoms with Crippen molar-refractivity contribution in [2.75, 3.05) is 20.1 Å². The van der Waals surface area contributed by atoms with E-state index < -0.39 is 33.8 Å². The molecule has 0 saturated carbocycles. The van der Waals surface area contributed by atoms with E-state index in [9.17, 15) is 21.6 Å². The smallest absolute Gasteiger partial charge is 0.198 e. The third kappa shape index (κ3) is 3.91. The molecule has 9 heteroatoms. The molecule has 0 aromatic carbocycles. The van der Waals surface area contributed by atoms with Crippen molar-refractivity contribution in [2.24, 2.45) is 11.3 Å². The first kappa shape index (κ1) is 19.2. The van der Waals surface area contributed by atoms with Crippen LogP contribution in [0.4, 0.5) is 13.2 Å². The zero-order valence-corrected chi connectivity index (χ0v) is 14.0. The maximum absolute atomic E-state index is 13.0. The maximum Gasteiger partial charge on any atom is 0.392 e. The van der Waals surface area contributed by atoms with Crippen LogP contribution in [0.25, 0.3) is 0 Å². The van der Waals surface area contributed by atoms with Crippen molar-refractivity contribution in [2.45, 2.75) is 45.8 Å².